The fraction of sp³-hybridized carbons (Fsp3) is 0.375. The lowest BCUT2D eigenvalue weighted by Crippen LogP contribution is -2.19. The predicted molar refractivity (Wildman–Crippen MR) is 47.3 cm³/mol. The number of aryl methyl sites for hydroxylation is 1. The summed E-state index contributed by atoms with van der Waals surface area (Å²) in [5.74, 6) is -2.19. The van der Waals surface area contributed by atoms with Crippen LogP contribution in [0.3, 0.4) is 0 Å². The second kappa shape index (κ2) is 4.70. The van der Waals surface area contributed by atoms with E-state index in [0.717, 1.165) is 6.92 Å². The van der Waals surface area contributed by atoms with Gasteiger partial charge in [0, 0.05) is 11.6 Å². The van der Waals surface area contributed by atoms with Gasteiger partial charge in [0.2, 0.25) is 0 Å². The van der Waals surface area contributed by atoms with E-state index in [9.17, 15) is 32.1 Å². The minimum Gasteiger partial charge on any atom is -0.401 e. The van der Waals surface area contributed by atoms with E-state index in [0.29, 0.717) is 6.07 Å². The van der Waals surface area contributed by atoms with E-state index >= 15 is 0 Å². The molecule has 0 aliphatic carbocycles. The quantitative estimate of drug-likeness (QED) is 0.481. The first-order chi connectivity index (χ1) is 8.11. The van der Waals surface area contributed by atoms with Gasteiger partial charge in [-0.3, -0.25) is 0 Å². The maximum Gasteiger partial charge on any atom is 0.573 e. The highest BCUT2D eigenvalue weighted by Crippen LogP contribution is 2.35. The summed E-state index contributed by atoms with van der Waals surface area (Å²) in [6.07, 6.45) is -8.62. The Morgan fingerprint density at radius 1 is 1.44 bits per heavy atom. The molecule has 0 fully saturated rings. The number of pyridine rings is 1. The van der Waals surface area contributed by atoms with Gasteiger partial charge in [0.25, 0.3) is 5.69 Å². The first kappa shape index (κ1) is 14.1. The molecular formula is C8H5F5N2O3. The topological polar surface area (TPSA) is 65.3 Å². The number of halogens is 5. The van der Waals surface area contributed by atoms with E-state index in [2.05, 4.69) is 9.72 Å². The zero-order chi connectivity index (χ0) is 14.1. The zero-order valence-electron chi connectivity index (χ0n) is 8.66. The van der Waals surface area contributed by atoms with Crippen molar-refractivity contribution in [3.63, 3.8) is 0 Å². The van der Waals surface area contributed by atoms with Crippen molar-refractivity contribution >= 4 is 5.82 Å². The van der Waals surface area contributed by atoms with E-state index in [-0.39, 0.29) is 0 Å². The molecule has 1 aromatic heterocycles. The van der Waals surface area contributed by atoms with E-state index in [4.69, 9.17) is 0 Å². The largest absolute Gasteiger partial charge is 0.573 e. The Balaban J connectivity index is 3.36. The van der Waals surface area contributed by atoms with E-state index in [1.165, 1.54) is 0 Å². The first-order valence-corrected chi connectivity index (χ1v) is 4.31. The highest BCUT2D eigenvalue weighted by atomic mass is 19.4. The molecule has 0 bridgehead atoms. The second-order valence-corrected chi connectivity index (χ2v) is 3.12. The number of nitro groups is 1. The second-order valence-electron chi connectivity index (χ2n) is 3.12. The number of aromatic nitrogens is 1. The van der Waals surface area contributed by atoms with Crippen LogP contribution in [0.15, 0.2) is 6.07 Å². The van der Waals surface area contributed by atoms with Crippen molar-refractivity contribution in [3.8, 4) is 5.75 Å². The molecule has 100 valence electrons. The number of alkyl halides is 5. The van der Waals surface area contributed by atoms with Crippen LogP contribution >= 0.6 is 0 Å². The lowest BCUT2D eigenvalue weighted by molar-refractivity contribution is -0.389. The molecule has 0 unspecified atom stereocenters. The minimum absolute atomic E-state index is 0.454. The summed E-state index contributed by atoms with van der Waals surface area (Å²) < 4.78 is 64.4. The summed E-state index contributed by atoms with van der Waals surface area (Å²) in [5, 5.41) is 10.4. The molecule has 0 aliphatic heterocycles. The van der Waals surface area contributed by atoms with Crippen molar-refractivity contribution in [3.05, 3.63) is 27.4 Å². The van der Waals surface area contributed by atoms with Gasteiger partial charge in [-0.15, -0.1) is 13.2 Å². The summed E-state index contributed by atoms with van der Waals surface area (Å²) in [6.45, 7) is 0.974. The van der Waals surface area contributed by atoms with Crippen LogP contribution in [-0.4, -0.2) is 16.3 Å². The molecule has 5 nitrogen and oxygen atoms in total. The molecule has 0 atom stereocenters. The fourth-order valence-corrected chi connectivity index (χ4v) is 1.16. The standard InChI is InChI=1S/C8H5F5N2O3/c1-3-2-4(15(16)17)14-5(7(9)10)6(3)18-8(11,12)13/h2,7H,1H3. The third-order valence-electron chi connectivity index (χ3n) is 1.78. The van der Waals surface area contributed by atoms with Crippen LogP contribution in [0.1, 0.15) is 17.7 Å². The Morgan fingerprint density at radius 2 is 2.00 bits per heavy atom. The molecule has 0 aliphatic rings. The van der Waals surface area contributed by atoms with Crippen LogP contribution in [0.4, 0.5) is 27.8 Å². The molecule has 0 saturated heterocycles. The molecule has 0 saturated carbocycles. The molecule has 18 heavy (non-hydrogen) atoms. The van der Waals surface area contributed by atoms with Crippen LogP contribution in [0, 0.1) is 17.0 Å². The monoisotopic (exact) mass is 272 g/mol. The van der Waals surface area contributed by atoms with Gasteiger partial charge in [-0.05, 0) is 16.8 Å². The summed E-state index contributed by atoms with van der Waals surface area (Å²) >= 11 is 0. The van der Waals surface area contributed by atoms with E-state index < -0.39 is 40.5 Å². The first-order valence-electron chi connectivity index (χ1n) is 4.31. The molecule has 10 heteroatoms. The molecule has 0 N–H and O–H groups in total. The average Bonchev–Trinajstić information content (AvgIpc) is 2.18. The Morgan fingerprint density at radius 3 is 2.39 bits per heavy atom. The molecule has 1 aromatic rings. The van der Waals surface area contributed by atoms with Crippen LogP contribution in [0.2, 0.25) is 0 Å². The van der Waals surface area contributed by atoms with Gasteiger partial charge >= 0.3 is 18.6 Å². The van der Waals surface area contributed by atoms with Crippen LogP contribution < -0.4 is 4.74 Å². The van der Waals surface area contributed by atoms with Gasteiger partial charge in [-0.2, -0.15) is 0 Å². The third-order valence-corrected chi connectivity index (χ3v) is 1.78. The van der Waals surface area contributed by atoms with Crippen molar-refractivity contribution in [2.45, 2.75) is 19.7 Å². The van der Waals surface area contributed by atoms with Crippen LogP contribution in [-0.2, 0) is 0 Å². The summed E-state index contributed by atoms with van der Waals surface area (Å²) in [4.78, 5) is 12.1. The number of hydrogen-bond acceptors (Lipinski definition) is 4. The Labute approximate surface area is 96.3 Å². The maximum atomic E-state index is 12.5. The fourth-order valence-electron chi connectivity index (χ4n) is 1.16. The predicted octanol–water partition coefficient (Wildman–Crippen LogP) is 3.13. The highest BCUT2D eigenvalue weighted by molar-refractivity contribution is 5.43. The number of rotatable bonds is 3. The summed E-state index contributed by atoms with van der Waals surface area (Å²) in [7, 11) is 0. The molecular weight excluding hydrogens is 267 g/mol. The highest BCUT2D eigenvalue weighted by Gasteiger charge is 2.37. The summed E-state index contributed by atoms with van der Waals surface area (Å²) in [5.41, 5.74) is -1.87. The average molecular weight is 272 g/mol. The van der Waals surface area contributed by atoms with E-state index in [1.54, 1.807) is 0 Å². The van der Waals surface area contributed by atoms with Gasteiger partial charge in [-0.25, -0.2) is 8.78 Å². The third kappa shape index (κ3) is 3.25. The van der Waals surface area contributed by atoms with Gasteiger partial charge < -0.3 is 14.9 Å². The molecule has 1 rings (SSSR count). The summed E-state index contributed by atoms with van der Waals surface area (Å²) in [6, 6.07) is 0.618. The normalized spacial score (nSPS) is 11.7. The molecule has 1 heterocycles. The Bertz CT molecular complexity index is 475. The molecule has 0 spiro atoms. The lowest BCUT2D eigenvalue weighted by atomic mass is 10.2. The van der Waals surface area contributed by atoms with Gasteiger partial charge in [0.05, 0.1) is 0 Å². The minimum atomic E-state index is -5.19. The number of hydrogen-bond donors (Lipinski definition) is 0. The van der Waals surface area contributed by atoms with Gasteiger partial charge in [0.1, 0.15) is 0 Å². The Hall–Kier alpha value is -2.00. The molecule has 0 radical (unpaired) electrons. The smallest absolute Gasteiger partial charge is 0.401 e. The van der Waals surface area contributed by atoms with Crippen LogP contribution in [0.5, 0.6) is 5.75 Å². The molecule has 0 aromatic carbocycles. The van der Waals surface area contributed by atoms with Crippen molar-refractivity contribution in [1.82, 2.24) is 4.98 Å². The van der Waals surface area contributed by atoms with Gasteiger partial charge in [-0.1, -0.05) is 0 Å². The van der Waals surface area contributed by atoms with Crippen molar-refractivity contribution in [2.24, 2.45) is 0 Å². The number of nitrogens with zero attached hydrogens (tertiary/aromatic N) is 2. The number of ether oxygens (including phenoxy) is 1. The van der Waals surface area contributed by atoms with Crippen molar-refractivity contribution < 1.29 is 31.6 Å². The zero-order valence-corrected chi connectivity index (χ0v) is 8.66. The Kier molecular flexibility index (Phi) is 3.67. The van der Waals surface area contributed by atoms with Crippen LogP contribution in [0.25, 0.3) is 0 Å². The lowest BCUT2D eigenvalue weighted by Gasteiger charge is -2.12. The van der Waals surface area contributed by atoms with E-state index in [1.807, 2.05) is 0 Å². The van der Waals surface area contributed by atoms with Gasteiger partial charge in [0.15, 0.2) is 5.75 Å². The van der Waals surface area contributed by atoms with Crippen molar-refractivity contribution in [1.29, 1.82) is 0 Å². The molecule has 0 amide bonds. The SMILES string of the molecule is Cc1cc([N+](=O)[O-])nc(C(F)F)c1OC(F)(F)F. The maximum absolute atomic E-state index is 12.5. The van der Waals surface area contributed by atoms with Crippen molar-refractivity contribution in [2.75, 3.05) is 0 Å².